The summed E-state index contributed by atoms with van der Waals surface area (Å²) in [7, 11) is 0. The fourth-order valence-corrected chi connectivity index (χ4v) is 1.19. The average molecular weight is 183 g/mol. The van der Waals surface area contributed by atoms with Gasteiger partial charge in [-0.05, 0) is 6.42 Å². The Morgan fingerprint density at radius 3 is 3.00 bits per heavy atom. The SMILES string of the molecule is C=CCOCC1CCC(=O)NC1=O. The number of carbonyl (C=O) groups excluding carboxylic acids is 2. The topological polar surface area (TPSA) is 55.4 Å². The van der Waals surface area contributed by atoms with E-state index in [-0.39, 0.29) is 17.7 Å². The lowest BCUT2D eigenvalue weighted by Gasteiger charge is -2.20. The molecule has 1 atom stereocenters. The van der Waals surface area contributed by atoms with E-state index < -0.39 is 0 Å². The van der Waals surface area contributed by atoms with E-state index in [9.17, 15) is 9.59 Å². The van der Waals surface area contributed by atoms with Crippen LogP contribution in [0.1, 0.15) is 12.8 Å². The van der Waals surface area contributed by atoms with Crippen LogP contribution < -0.4 is 5.32 Å². The van der Waals surface area contributed by atoms with Crippen LogP contribution in [0, 0.1) is 5.92 Å². The lowest BCUT2D eigenvalue weighted by atomic mass is 9.99. The monoisotopic (exact) mass is 183 g/mol. The summed E-state index contributed by atoms with van der Waals surface area (Å²) in [4.78, 5) is 21.9. The van der Waals surface area contributed by atoms with Crippen molar-refractivity contribution in [3.63, 3.8) is 0 Å². The first-order chi connectivity index (χ1) is 6.24. The highest BCUT2D eigenvalue weighted by atomic mass is 16.5. The van der Waals surface area contributed by atoms with E-state index >= 15 is 0 Å². The predicted molar refractivity (Wildman–Crippen MR) is 46.9 cm³/mol. The molecule has 4 nitrogen and oxygen atoms in total. The number of imide groups is 1. The molecular formula is C9H13NO3. The largest absolute Gasteiger partial charge is 0.377 e. The van der Waals surface area contributed by atoms with Crippen LogP contribution >= 0.6 is 0 Å². The Labute approximate surface area is 76.9 Å². The van der Waals surface area contributed by atoms with Crippen molar-refractivity contribution >= 4 is 11.8 Å². The molecule has 1 saturated heterocycles. The van der Waals surface area contributed by atoms with Crippen molar-refractivity contribution in [2.24, 2.45) is 5.92 Å². The molecule has 1 heterocycles. The van der Waals surface area contributed by atoms with Crippen LogP contribution in [0.5, 0.6) is 0 Å². The van der Waals surface area contributed by atoms with Crippen molar-refractivity contribution in [3.8, 4) is 0 Å². The molecule has 0 bridgehead atoms. The number of carbonyl (C=O) groups is 2. The van der Waals surface area contributed by atoms with E-state index in [0.717, 1.165) is 0 Å². The third-order valence-electron chi connectivity index (χ3n) is 1.91. The van der Waals surface area contributed by atoms with Gasteiger partial charge in [-0.15, -0.1) is 6.58 Å². The molecule has 0 aliphatic carbocycles. The van der Waals surface area contributed by atoms with E-state index in [4.69, 9.17) is 4.74 Å². The second-order valence-electron chi connectivity index (χ2n) is 2.97. The van der Waals surface area contributed by atoms with Crippen molar-refractivity contribution in [3.05, 3.63) is 12.7 Å². The van der Waals surface area contributed by atoms with Gasteiger partial charge in [-0.25, -0.2) is 0 Å². The van der Waals surface area contributed by atoms with Crippen molar-refractivity contribution < 1.29 is 14.3 Å². The molecule has 1 rings (SSSR count). The van der Waals surface area contributed by atoms with E-state index in [2.05, 4.69) is 11.9 Å². The summed E-state index contributed by atoms with van der Waals surface area (Å²) in [5, 5.41) is 2.27. The summed E-state index contributed by atoms with van der Waals surface area (Å²) in [6.07, 6.45) is 2.63. The minimum absolute atomic E-state index is 0.183. The molecular weight excluding hydrogens is 170 g/mol. The highest BCUT2D eigenvalue weighted by Gasteiger charge is 2.26. The maximum Gasteiger partial charge on any atom is 0.232 e. The summed E-state index contributed by atoms with van der Waals surface area (Å²) >= 11 is 0. The highest BCUT2D eigenvalue weighted by Crippen LogP contribution is 2.12. The summed E-state index contributed by atoms with van der Waals surface area (Å²) < 4.78 is 5.14. The first-order valence-corrected chi connectivity index (χ1v) is 4.26. The van der Waals surface area contributed by atoms with E-state index in [0.29, 0.717) is 26.1 Å². The van der Waals surface area contributed by atoms with Gasteiger partial charge in [-0.2, -0.15) is 0 Å². The van der Waals surface area contributed by atoms with E-state index in [1.807, 2.05) is 0 Å². The third kappa shape index (κ3) is 2.99. The Balaban J connectivity index is 2.29. The normalized spacial score (nSPS) is 22.6. The molecule has 13 heavy (non-hydrogen) atoms. The number of hydrogen-bond acceptors (Lipinski definition) is 3. The maximum absolute atomic E-state index is 11.2. The number of hydrogen-bond donors (Lipinski definition) is 1. The van der Waals surface area contributed by atoms with Crippen LogP contribution in [0.25, 0.3) is 0 Å². The number of amides is 2. The van der Waals surface area contributed by atoms with Crippen LogP contribution in [0.2, 0.25) is 0 Å². The van der Waals surface area contributed by atoms with Gasteiger partial charge >= 0.3 is 0 Å². The molecule has 0 spiro atoms. The van der Waals surface area contributed by atoms with Crippen LogP contribution in [0.4, 0.5) is 0 Å². The summed E-state index contributed by atoms with van der Waals surface area (Å²) in [5.41, 5.74) is 0. The molecule has 1 N–H and O–H groups in total. The van der Waals surface area contributed by atoms with Gasteiger partial charge in [0.15, 0.2) is 0 Å². The quantitative estimate of drug-likeness (QED) is 0.386. The van der Waals surface area contributed by atoms with Crippen molar-refractivity contribution in [1.29, 1.82) is 0 Å². The Bertz CT molecular complexity index is 225. The van der Waals surface area contributed by atoms with Crippen molar-refractivity contribution in [2.75, 3.05) is 13.2 Å². The second-order valence-corrected chi connectivity index (χ2v) is 2.97. The summed E-state index contributed by atoms with van der Waals surface area (Å²) in [5.74, 6) is -0.595. The Kier molecular flexibility index (Phi) is 3.64. The Hall–Kier alpha value is -1.16. The Morgan fingerprint density at radius 1 is 1.62 bits per heavy atom. The lowest BCUT2D eigenvalue weighted by Crippen LogP contribution is -2.42. The molecule has 1 fully saturated rings. The fraction of sp³-hybridized carbons (Fsp3) is 0.556. The van der Waals surface area contributed by atoms with Gasteiger partial charge in [0, 0.05) is 6.42 Å². The predicted octanol–water partition coefficient (Wildman–Crippen LogP) is 0.242. The van der Waals surface area contributed by atoms with E-state index in [1.165, 1.54) is 0 Å². The smallest absolute Gasteiger partial charge is 0.232 e. The summed E-state index contributed by atoms with van der Waals surface area (Å²) in [6, 6.07) is 0. The van der Waals surface area contributed by atoms with Crippen LogP contribution in [0.3, 0.4) is 0 Å². The average Bonchev–Trinajstić information content (AvgIpc) is 2.09. The van der Waals surface area contributed by atoms with Gasteiger partial charge in [0.1, 0.15) is 0 Å². The standard InChI is InChI=1S/C9H13NO3/c1-2-5-13-6-7-3-4-8(11)10-9(7)12/h2,7H,1,3-6H2,(H,10,11,12). The zero-order chi connectivity index (χ0) is 9.68. The Morgan fingerprint density at radius 2 is 2.38 bits per heavy atom. The van der Waals surface area contributed by atoms with Gasteiger partial charge in [0.2, 0.25) is 11.8 Å². The molecule has 0 aromatic rings. The number of nitrogens with one attached hydrogen (secondary N) is 1. The molecule has 1 aliphatic rings. The maximum atomic E-state index is 11.2. The molecule has 0 saturated carbocycles. The molecule has 72 valence electrons. The molecule has 0 radical (unpaired) electrons. The molecule has 1 unspecified atom stereocenters. The third-order valence-corrected chi connectivity index (χ3v) is 1.91. The molecule has 0 aromatic carbocycles. The fourth-order valence-electron chi connectivity index (χ4n) is 1.19. The van der Waals surface area contributed by atoms with Crippen molar-refractivity contribution in [1.82, 2.24) is 5.32 Å². The van der Waals surface area contributed by atoms with Crippen LogP contribution in [0.15, 0.2) is 12.7 Å². The molecule has 1 aliphatic heterocycles. The first kappa shape index (κ1) is 9.92. The first-order valence-electron chi connectivity index (χ1n) is 4.26. The second kappa shape index (κ2) is 4.77. The zero-order valence-electron chi connectivity index (χ0n) is 7.41. The number of rotatable bonds is 4. The van der Waals surface area contributed by atoms with Gasteiger partial charge < -0.3 is 4.74 Å². The molecule has 4 heteroatoms. The van der Waals surface area contributed by atoms with Gasteiger partial charge in [0.05, 0.1) is 19.1 Å². The zero-order valence-corrected chi connectivity index (χ0v) is 7.41. The van der Waals surface area contributed by atoms with Gasteiger partial charge in [-0.3, -0.25) is 14.9 Å². The molecule has 2 amide bonds. The minimum Gasteiger partial charge on any atom is -0.377 e. The minimum atomic E-state index is -0.222. The summed E-state index contributed by atoms with van der Waals surface area (Å²) in [6.45, 7) is 4.30. The van der Waals surface area contributed by atoms with Gasteiger partial charge in [-0.1, -0.05) is 6.08 Å². The van der Waals surface area contributed by atoms with E-state index in [1.54, 1.807) is 6.08 Å². The number of ether oxygens (including phenoxy) is 1. The lowest BCUT2D eigenvalue weighted by molar-refractivity contribution is -0.137. The van der Waals surface area contributed by atoms with Crippen LogP contribution in [-0.4, -0.2) is 25.0 Å². The molecule has 0 aromatic heterocycles. The highest BCUT2D eigenvalue weighted by molar-refractivity contribution is 5.98. The number of piperidine rings is 1. The van der Waals surface area contributed by atoms with Crippen LogP contribution in [-0.2, 0) is 14.3 Å². The van der Waals surface area contributed by atoms with Gasteiger partial charge in [0.25, 0.3) is 0 Å². The van der Waals surface area contributed by atoms with Crippen molar-refractivity contribution in [2.45, 2.75) is 12.8 Å².